The van der Waals surface area contributed by atoms with Crippen LogP contribution < -0.4 is 0 Å². The van der Waals surface area contributed by atoms with Crippen LogP contribution in [-0.4, -0.2) is 65.7 Å². The van der Waals surface area contributed by atoms with Crippen molar-refractivity contribution < 1.29 is 47.8 Å². The van der Waals surface area contributed by atoms with E-state index in [1.54, 1.807) is 0 Å². The lowest BCUT2D eigenvalue weighted by atomic mass is 10.1. The first-order valence-electron chi connectivity index (χ1n) is 23.2. The molecular formula is C48H85O10P. The van der Waals surface area contributed by atoms with Crippen LogP contribution in [0.2, 0.25) is 0 Å². The van der Waals surface area contributed by atoms with Gasteiger partial charge < -0.3 is 24.6 Å². The zero-order valence-corrected chi connectivity index (χ0v) is 38.1. The zero-order valence-electron chi connectivity index (χ0n) is 37.2. The molecule has 3 unspecified atom stereocenters. The number of carbonyl (C=O) groups excluding carboxylic acids is 2. The van der Waals surface area contributed by atoms with Gasteiger partial charge in [0.15, 0.2) is 6.10 Å². The summed E-state index contributed by atoms with van der Waals surface area (Å²) in [5.74, 6) is -0.950. The number of unbranched alkanes of at least 4 members (excludes halogenated alkanes) is 19. The van der Waals surface area contributed by atoms with E-state index < -0.39 is 51.8 Å². The Morgan fingerprint density at radius 2 is 0.881 bits per heavy atom. The molecule has 0 aliphatic rings. The van der Waals surface area contributed by atoms with Crippen molar-refractivity contribution in [2.75, 3.05) is 26.4 Å². The van der Waals surface area contributed by atoms with Crippen LogP contribution in [0.15, 0.2) is 60.8 Å². The molecule has 0 aliphatic carbocycles. The molecule has 342 valence electrons. The number of hydrogen-bond donors (Lipinski definition) is 3. The number of esters is 2. The van der Waals surface area contributed by atoms with Gasteiger partial charge in [0.25, 0.3) is 0 Å². The molecule has 3 N–H and O–H groups in total. The molecule has 0 aromatic rings. The molecule has 0 heterocycles. The monoisotopic (exact) mass is 853 g/mol. The van der Waals surface area contributed by atoms with E-state index in [1.807, 2.05) is 0 Å². The summed E-state index contributed by atoms with van der Waals surface area (Å²) in [5, 5.41) is 18.4. The van der Waals surface area contributed by atoms with Crippen LogP contribution in [0, 0.1) is 0 Å². The molecule has 3 atom stereocenters. The lowest BCUT2D eigenvalue weighted by Crippen LogP contribution is -2.29. The third-order valence-electron chi connectivity index (χ3n) is 9.64. The number of aliphatic hydroxyl groups excluding tert-OH is 2. The number of aliphatic hydroxyl groups is 2. The number of hydrogen-bond acceptors (Lipinski definition) is 9. The van der Waals surface area contributed by atoms with Crippen LogP contribution >= 0.6 is 7.82 Å². The van der Waals surface area contributed by atoms with Crippen molar-refractivity contribution in [2.45, 2.75) is 206 Å². The Bertz CT molecular complexity index is 1160. The standard InChI is InChI=1S/C48H85O10P/c1-3-5-7-9-11-13-15-17-19-21-22-24-26-28-30-32-34-36-38-40-48(52)58-46(44-57-59(53,54)56-42-45(50)41-49)43-55-47(51)39-37-35-33-31-29-27-25-23-20-18-16-14-12-10-8-6-4-2/h11-14,17-20,22,24,45-46,49-50H,3-10,15-16,21,23,25-44H2,1-2H3,(H,53,54)/b13-11-,14-12-,19-17-,20-18-,24-22-. The summed E-state index contributed by atoms with van der Waals surface area (Å²) in [6.45, 7) is 2.31. The first-order chi connectivity index (χ1) is 28.7. The zero-order chi connectivity index (χ0) is 43.3. The summed E-state index contributed by atoms with van der Waals surface area (Å²) in [6.07, 6.45) is 48.9. The van der Waals surface area contributed by atoms with Crippen molar-refractivity contribution in [3.8, 4) is 0 Å². The molecular weight excluding hydrogens is 767 g/mol. The molecule has 0 fully saturated rings. The van der Waals surface area contributed by atoms with Crippen molar-refractivity contribution in [3.63, 3.8) is 0 Å². The molecule has 0 aromatic carbocycles. The van der Waals surface area contributed by atoms with Crippen molar-refractivity contribution in [2.24, 2.45) is 0 Å². The smallest absolute Gasteiger partial charge is 0.462 e. The fourth-order valence-electron chi connectivity index (χ4n) is 6.03. The highest BCUT2D eigenvalue weighted by Gasteiger charge is 2.27. The first kappa shape index (κ1) is 56.7. The quantitative estimate of drug-likeness (QED) is 0.0234. The molecule has 0 radical (unpaired) electrons. The SMILES string of the molecule is CCCCC/C=C\C/C=C\C/C=C\CCCCCCCCC(=O)OC(COC(=O)CCCCCCCCC/C=C\C/C=C\CCCCC)COP(=O)(O)OCC(O)CO. The van der Waals surface area contributed by atoms with E-state index in [-0.39, 0.29) is 19.4 Å². The minimum Gasteiger partial charge on any atom is -0.462 e. The summed E-state index contributed by atoms with van der Waals surface area (Å²) >= 11 is 0. The summed E-state index contributed by atoms with van der Waals surface area (Å²) in [5.41, 5.74) is 0. The second kappa shape index (κ2) is 43.7. The van der Waals surface area contributed by atoms with Gasteiger partial charge in [-0.05, 0) is 83.5 Å². The Morgan fingerprint density at radius 1 is 0.508 bits per heavy atom. The molecule has 0 spiro atoms. The average molecular weight is 853 g/mol. The van der Waals surface area contributed by atoms with Gasteiger partial charge in [0.05, 0.1) is 19.8 Å². The van der Waals surface area contributed by atoms with Crippen molar-refractivity contribution in [1.29, 1.82) is 0 Å². The number of ether oxygens (including phenoxy) is 2. The van der Waals surface area contributed by atoms with Gasteiger partial charge in [-0.1, -0.05) is 158 Å². The number of phosphoric acid groups is 1. The largest absolute Gasteiger partial charge is 0.472 e. The Labute approximate surface area is 359 Å². The molecule has 11 heteroatoms. The molecule has 10 nitrogen and oxygen atoms in total. The van der Waals surface area contributed by atoms with E-state index in [0.29, 0.717) is 12.8 Å². The van der Waals surface area contributed by atoms with Gasteiger partial charge in [-0.25, -0.2) is 4.57 Å². The maximum absolute atomic E-state index is 12.6. The van der Waals surface area contributed by atoms with E-state index in [9.17, 15) is 24.2 Å². The number of rotatable bonds is 43. The van der Waals surface area contributed by atoms with Gasteiger partial charge in [-0.3, -0.25) is 18.6 Å². The van der Waals surface area contributed by atoms with Crippen LogP contribution in [0.4, 0.5) is 0 Å². The molecule has 0 aromatic heterocycles. The van der Waals surface area contributed by atoms with E-state index in [0.717, 1.165) is 83.5 Å². The minimum atomic E-state index is -4.63. The molecule has 0 aliphatic heterocycles. The molecule has 0 saturated heterocycles. The predicted octanol–water partition coefficient (Wildman–Crippen LogP) is 12.7. The maximum atomic E-state index is 12.6. The number of carbonyl (C=O) groups is 2. The van der Waals surface area contributed by atoms with Gasteiger partial charge in [0, 0.05) is 12.8 Å². The lowest BCUT2D eigenvalue weighted by molar-refractivity contribution is -0.161. The summed E-state index contributed by atoms with van der Waals surface area (Å²) in [4.78, 5) is 35.1. The van der Waals surface area contributed by atoms with Crippen molar-refractivity contribution >= 4 is 19.8 Å². The van der Waals surface area contributed by atoms with Crippen LogP contribution in [-0.2, 0) is 32.7 Å². The maximum Gasteiger partial charge on any atom is 0.472 e. The molecule has 0 bridgehead atoms. The number of allylic oxidation sites excluding steroid dienone is 10. The van der Waals surface area contributed by atoms with Crippen LogP contribution in [0.1, 0.15) is 194 Å². The van der Waals surface area contributed by atoms with Gasteiger partial charge in [-0.15, -0.1) is 0 Å². The highest BCUT2D eigenvalue weighted by atomic mass is 31.2. The highest BCUT2D eigenvalue weighted by molar-refractivity contribution is 7.47. The Balaban J connectivity index is 4.30. The minimum absolute atomic E-state index is 0.166. The normalized spacial score (nSPS) is 14.3. The fourth-order valence-corrected chi connectivity index (χ4v) is 6.82. The van der Waals surface area contributed by atoms with Crippen molar-refractivity contribution in [3.05, 3.63) is 60.8 Å². The summed E-state index contributed by atoms with van der Waals surface area (Å²) in [7, 11) is -4.63. The molecule has 0 amide bonds. The second-order valence-corrected chi connectivity index (χ2v) is 16.9. The van der Waals surface area contributed by atoms with Crippen molar-refractivity contribution in [1.82, 2.24) is 0 Å². The van der Waals surface area contributed by atoms with Gasteiger partial charge in [0.2, 0.25) is 0 Å². The first-order valence-corrected chi connectivity index (χ1v) is 24.7. The van der Waals surface area contributed by atoms with E-state index in [1.165, 1.54) is 70.6 Å². The fraction of sp³-hybridized carbons (Fsp3) is 0.750. The lowest BCUT2D eigenvalue weighted by Gasteiger charge is -2.20. The third kappa shape index (κ3) is 43.6. The van der Waals surface area contributed by atoms with E-state index in [2.05, 4.69) is 74.6 Å². The van der Waals surface area contributed by atoms with Gasteiger partial charge >= 0.3 is 19.8 Å². The molecule has 59 heavy (non-hydrogen) atoms. The average Bonchev–Trinajstić information content (AvgIpc) is 3.22. The van der Waals surface area contributed by atoms with Crippen LogP contribution in [0.5, 0.6) is 0 Å². The predicted molar refractivity (Wildman–Crippen MR) is 242 cm³/mol. The number of phosphoric ester groups is 1. The Hall–Kier alpha value is -2.33. The highest BCUT2D eigenvalue weighted by Crippen LogP contribution is 2.43. The van der Waals surface area contributed by atoms with E-state index in [4.69, 9.17) is 23.6 Å². The Kier molecular flexibility index (Phi) is 42.0. The van der Waals surface area contributed by atoms with Crippen LogP contribution in [0.3, 0.4) is 0 Å². The van der Waals surface area contributed by atoms with Gasteiger partial charge in [-0.2, -0.15) is 0 Å². The summed E-state index contributed by atoms with van der Waals surface area (Å²) in [6, 6.07) is 0. The van der Waals surface area contributed by atoms with Crippen LogP contribution in [0.25, 0.3) is 0 Å². The summed E-state index contributed by atoms with van der Waals surface area (Å²) < 4.78 is 32.8. The topological polar surface area (TPSA) is 149 Å². The molecule has 0 saturated carbocycles. The molecule has 0 rings (SSSR count). The van der Waals surface area contributed by atoms with E-state index >= 15 is 0 Å². The third-order valence-corrected chi connectivity index (χ3v) is 10.6. The van der Waals surface area contributed by atoms with Gasteiger partial charge in [0.1, 0.15) is 12.7 Å². The Morgan fingerprint density at radius 3 is 1.32 bits per heavy atom. The second-order valence-electron chi connectivity index (χ2n) is 15.4.